The topological polar surface area (TPSA) is 46.6 Å². The number of rotatable bonds is 7. The van der Waals surface area contributed by atoms with Crippen molar-refractivity contribution >= 4 is 31.5 Å². The summed E-state index contributed by atoms with van der Waals surface area (Å²) >= 11 is 1.57. The molecule has 1 fully saturated rings. The van der Waals surface area contributed by atoms with Gasteiger partial charge < -0.3 is 4.43 Å². The Kier molecular flexibility index (Phi) is 5.75. The van der Waals surface area contributed by atoms with E-state index in [1.54, 1.807) is 23.5 Å². The molecule has 0 spiro atoms. The first-order valence-corrected chi connectivity index (χ1v) is 12.6. The predicted molar refractivity (Wildman–Crippen MR) is 107 cm³/mol. The van der Waals surface area contributed by atoms with Crippen LogP contribution in [0.4, 0.5) is 0 Å². The fraction of sp³-hybridized carbons (Fsp3) is 0.400. The van der Waals surface area contributed by atoms with E-state index in [1.165, 1.54) is 4.90 Å². The number of imide groups is 1. The molecule has 2 aromatic rings. The van der Waals surface area contributed by atoms with E-state index in [1.807, 2.05) is 35.7 Å². The molecule has 0 radical (unpaired) electrons. The van der Waals surface area contributed by atoms with Gasteiger partial charge >= 0.3 is 0 Å². The van der Waals surface area contributed by atoms with Crippen LogP contribution in [0.15, 0.2) is 47.8 Å². The smallest absolute Gasteiger partial charge is 0.261 e. The highest BCUT2D eigenvalue weighted by Crippen LogP contribution is 2.42. The number of carbonyl (C=O) groups excluding carboxylic acids is 2. The van der Waals surface area contributed by atoms with Gasteiger partial charge in [0.2, 0.25) is 0 Å². The maximum Gasteiger partial charge on any atom is 0.261 e. The lowest BCUT2D eigenvalue weighted by atomic mass is 9.95. The highest BCUT2D eigenvalue weighted by Gasteiger charge is 2.55. The number of hydrogen-bond donors (Lipinski definition) is 0. The molecule has 26 heavy (non-hydrogen) atoms. The van der Waals surface area contributed by atoms with Crippen LogP contribution in [-0.2, 0) is 9.22 Å². The molecule has 138 valence electrons. The third-order valence-electron chi connectivity index (χ3n) is 5.43. The van der Waals surface area contributed by atoms with Gasteiger partial charge in [-0.2, -0.15) is 0 Å². The van der Waals surface area contributed by atoms with Gasteiger partial charge in [0.15, 0.2) is 14.4 Å². The maximum atomic E-state index is 12.9. The molecule has 4 nitrogen and oxygen atoms in total. The summed E-state index contributed by atoms with van der Waals surface area (Å²) in [7, 11) is -1.94. The monoisotopic (exact) mass is 387 g/mol. The van der Waals surface area contributed by atoms with Gasteiger partial charge in [-0.3, -0.25) is 14.5 Å². The number of benzene rings is 1. The summed E-state index contributed by atoms with van der Waals surface area (Å²) in [6.07, 6.45) is -0.534. The Morgan fingerprint density at radius 2 is 1.73 bits per heavy atom. The van der Waals surface area contributed by atoms with E-state index >= 15 is 0 Å². The molecule has 0 aliphatic carbocycles. The van der Waals surface area contributed by atoms with Crippen LogP contribution in [0.3, 0.4) is 0 Å². The Labute approximate surface area is 159 Å². The van der Waals surface area contributed by atoms with E-state index < -0.39 is 14.4 Å². The van der Waals surface area contributed by atoms with Gasteiger partial charge in [0.05, 0.1) is 0 Å². The third kappa shape index (κ3) is 3.29. The van der Waals surface area contributed by atoms with Crippen molar-refractivity contribution in [2.75, 3.05) is 0 Å². The molecule has 0 N–H and O–H groups in total. The van der Waals surface area contributed by atoms with Crippen LogP contribution in [-0.4, -0.2) is 31.1 Å². The summed E-state index contributed by atoms with van der Waals surface area (Å²) in [6, 6.07) is 15.5. The van der Waals surface area contributed by atoms with Crippen molar-refractivity contribution in [2.45, 2.75) is 51.0 Å². The van der Waals surface area contributed by atoms with E-state index in [4.69, 9.17) is 4.43 Å². The summed E-state index contributed by atoms with van der Waals surface area (Å²) in [4.78, 5) is 28.2. The Morgan fingerprint density at radius 3 is 2.27 bits per heavy atom. The molecule has 3 rings (SSSR count). The van der Waals surface area contributed by atoms with E-state index in [0.29, 0.717) is 5.56 Å². The van der Waals surface area contributed by atoms with Crippen LogP contribution in [0.25, 0.3) is 0 Å². The number of β-lactam (4-membered cyclic amide) rings is 1. The highest BCUT2D eigenvalue weighted by atomic mass is 32.1. The lowest BCUT2D eigenvalue weighted by molar-refractivity contribution is -0.158. The summed E-state index contributed by atoms with van der Waals surface area (Å²) in [5.41, 5.74) is 0.533. The lowest BCUT2D eigenvalue weighted by Crippen LogP contribution is -2.64. The average Bonchev–Trinajstić information content (AvgIpc) is 3.21. The van der Waals surface area contributed by atoms with E-state index in [-0.39, 0.29) is 17.9 Å². The van der Waals surface area contributed by atoms with Crippen molar-refractivity contribution in [2.24, 2.45) is 0 Å². The quantitative estimate of drug-likeness (QED) is 0.387. The number of thiophene rings is 1. The molecule has 2 atom stereocenters. The molecule has 1 saturated heterocycles. The first-order valence-electron chi connectivity index (χ1n) is 9.20. The van der Waals surface area contributed by atoms with Crippen LogP contribution >= 0.6 is 11.3 Å². The number of carbonyl (C=O) groups is 2. The van der Waals surface area contributed by atoms with Crippen LogP contribution in [0, 0.1) is 0 Å². The molecule has 1 aromatic heterocycles. The third-order valence-corrected chi connectivity index (χ3v) is 11.0. The van der Waals surface area contributed by atoms with Gasteiger partial charge in [0.1, 0.15) is 6.04 Å². The number of amides is 2. The van der Waals surface area contributed by atoms with Crippen LogP contribution < -0.4 is 0 Å². The molecule has 0 bridgehead atoms. The van der Waals surface area contributed by atoms with Gasteiger partial charge in [-0.05, 0) is 41.7 Å². The second kappa shape index (κ2) is 7.86. The Balaban J connectivity index is 1.90. The molecular formula is C20H25NO3SSi. The standard InChI is InChI=1S/C20H25NO3SSi/c1-4-26(5-2,6-3)24-18-17(16-13-10-14-25-16)21(20(18)23)19(22)15-11-8-7-9-12-15/h7-14,17-18H,4-6H2,1-3H3. The summed E-state index contributed by atoms with van der Waals surface area (Å²) in [6.45, 7) is 6.44. The number of hydrogen-bond acceptors (Lipinski definition) is 4. The average molecular weight is 388 g/mol. The number of nitrogens with zero attached hydrogens (tertiary/aromatic N) is 1. The first kappa shape index (κ1) is 19.0. The molecule has 1 aromatic carbocycles. The minimum atomic E-state index is -1.94. The van der Waals surface area contributed by atoms with Gasteiger partial charge in [0, 0.05) is 10.4 Å². The minimum absolute atomic E-state index is 0.204. The second-order valence-corrected chi connectivity index (χ2v) is 12.3. The molecule has 1 aliphatic heterocycles. The second-order valence-electron chi connectivity index (χ2n) is 6.62. The Morgan fingerprint density at radius 1 is 1.08 bits per heavy atom. The fourth-order valence-corrected chi connectivity index (χ4v) is 7.14. The number of likely N-dealkylation sites (tertiary alicyclic amines) is 1. The van der Waals surface area contributed by atoms with Crippen molar-refractivity contribution < 1.29 is 14.0 Å². The highest BCUT2D eigenvalue weighted by molar-refractivity contribution is 7.10. The SMILES string of the molecule is CC[Si](CC)(CC)OC1C(=O)N(C(=O)c2ccccc2)C1c1cccs1. The predicted octanol–water partition coefficient (Wildman–Crippen LogP) is 4.86. The molecule has 1 aliphatic rings. The maximum absolute atomic E-state index is 12.9. The van der Waals surface area contributed by atoms with E-state index in [9.17, 15) is 9.59 Å². The Bertz CT molecular complexity index is 750. The zero-order valence-electron chi connectivity index (χ0n) is 15.5. The first-order chi connectivity index (χ1) is 12.6. The molecule has 0 saturated carbocycles. The van der Waals surface area contributed by atoms with E-state index in [2.05, 4.69) is 20.8 Å². The van der Waals surface area contributed by atoms with Crippen molar-refractivity contribution in [3.8, 4) is 0 Å². The molecule has 6 heteroatoms. The summed E-state index contributed by atoms with van der Waals surface area (Å²) in [5.74, 6) is -0.449. The lowest BCUT2D eigenvalue weighted by Gasteiger charge is -2.48. The molecule has 2 amide bonds. The van der Waals surface area contributed by atoms with Gasteiger partial charge in [-0.1, -0.05) is 45.0 Å². The summed E-state index contributed by atoms with van der Waals surface area (Å²) in [5, 5.41) is 1.98. The van der Waals surface area contributed by atoms with Gasteiger partial charge in [0.25, 0.3) is 11.8 Å². The van der Waals surface area contributed by atoms with Crippen LogP contribution in [0.2, 0.25) is 18.1 Å². The van der Waals surface area contributed by atoms with Crippen LogP contribution in [0.5, 0.6) is 0 Å². The molecule has 2 unspecified atom stereocenters. The van der Waals surface area contributed by atoms with Crippen LogP contribution in [0.1, 0.15) is 42.0 Å². The largest absolute Gasteiger partial charge is 0.403 e. The zero-order valence-corrected chi connectivity index (χ0v) is 17.3. The van der Waals surface area contributed by atoms with Gasteiger partial charge in [-0.25, -0.2) is 0 Å². The van der Waals surface area contributed by atoms with Crippen molar-refractivity contribution in [1.82, 2.24) is 4.90 Å². The molecular weight excluding hydrogens is 362 g/mol. The van der Waals surface area contributed by atoms with Crippen molar-refractivity contribution in [1.29, 1.82) is 0 Å². The van der Waals surface area contributed by atoms with Gasteiger partial charge in [-0.15, -0.1) is 11.3 Å². The zero-order chi connectivity index (χ0) is 18.7. The van der Waals surface area contributed by atoms with Crippen molar-refractivity contribution in [3.63, 3.8) is 0 Å². The minimum Gasteiger partial charge on any atom is -0.403 e. The van der Waals surface area contributed by atoms with E-state index in [0.717, 1.165) is 23.0 Å². The van der Waals surface area contributed by atoms with Crippen molar-refractivity contribution in [3.05, 3.63) is 58.3 Å². The summed E-state index contributed by atoms with van der Waals surface area (Å²) < 4.78 is 6.49. The Hall–Kier alpha value is -1.76. The molecule has 2 heterocycles. The fourth-order valence-electron chi connectivity index (χ4n) is 3.53. The normalized spacial score (nSPS) is 20.1.